The monoisotopic (exact) mass is 302 g/mol. The highest BCUT2D eigenvalue weighted by Gasteiger charge is 2.16. The van der Waals surface area contributed by atoms with Gasteiger partial charge in [-0.25, -0.2) is 0 Å². The van der Waals surface area contributed by atoms with E-state index in [1.165, 1.54) is 0 Å². The van der Waals surface area contributed by atoms with Gasteiger partial charge in [-0.1, -0.05) is 29.3 Å². The fourth-order valence-corrected chi connectivity index (χ4v) is 2.25. The molecular formula is C14H20Cl2N2O. The Kier molecular flexibility index (Phi) is 5.65. The number of nitrogens with two attached hydrogens (primary N) is 1. The van der Waals surface area contributed by atoms with Crippen molar-refractivity contribution in [2.45, 2.75) is 45.2 Å². The Labute approximate surface area is 124 Å². The highest BCUT2D eigenvalue weighted by atomic mass is 35.5. The minimum atomic E-state index is -0.335. The van der Waals surface area contributed by atoms with Crippen LogP contribution in [0.25, 0.3) is 0 Å². The minimum absolute atomic E-state index is 0.0305. The predicted octanol–water partition coefficient (Wildman–Crippen LogP) is 3.69. The third-order valence-corrected chi connectivity index (χ3v) is 3.37. The lowest BCUT2D eigenvalue weighted by Crippen LogP contribution is -2.35. The van der Waals surface area contributed by atoms with Gasteiger partial charge in [0, 0.05) is 22.0 Å². The van der Waals surface area contributed by atoms with Crippen LogP contribution in [0.15, 0.2) is 18.2 Å². The van der Waals surface area contributed by atoms with E-state index in [2.05, 4.69) is 5.32 Å². The zero-order chi connectivity index (χ0) is 14.6. The lowest BCUT2D eigenvalue weighted by atomic mass is 9.99. The number of hydrogen-bond donors (Lipinski definition) is 2. The fourth-order valence-electron chi connectivity index (χ4n) is 1.68. The summed E-state index contributed by atoms with van der Waals surface area (Å²) in [4.78, 5) is 11.8. The highest BCUT2D eigenvalue weighted by Crippen LogP contribution is 2.26. The molecule has 0 saturated heterocycles. The molecule has 0 saturated carbocycles. The van der Waals surface area contributed by atoms with Crippen molar-refractivity contribution in [3.05, 3.63) is 33.8 Å². The Morgan fingerprint density at radius 3 is 2.58 bits per heavy atom. The second kappa shape index (κ2) is 6.60. The highest BCUT2D eigenvalue weighted by molar-refractivity contribution is 6.35. The molecule has 1 unspecified atom stereocenters. The molecule has 1 aromatic rings. The summed E-state index contributed by atoms with van der Waals surface area (Å²) in [5.74, 6) is -0.0305. The molecule has 1 amide bonds. The van der Waals surface area contributed by atoms with Gasteiger partial charge < -0.3 is 11.1 Å². The van der Waals surface area contributed by atoms with Crippen molar-refractivity contribution in [2.75, 3.05) is 0 Å². The Morgan fingerprint density at radius 2 is 2.05 bits per heavy atom. The van der Waals surface area contributed by atoms with E-state index in [1.54, 1.807) is 12.1 Å². The van der Waals surface area contributed by atoms with Gasteiger partial charge in [-0.3, -0.25) is 4.79 Å². The number of amides is 1. The van der Waals surface area contributed by atoms with Gasteiger partial charge in [0.2, 0.25) is 5.91 Å². The standard InChI is InChI=1S/C14H20Cl2N2O/c1-9(11-5-4-10(15)8-12(11)16)18-13(19)6-7-14(2,3)17/h4-5,8-9H,6-7,17H2,1-3H3,(H,18,19). The van der Waals surface area contributed by atoms with Crippen LogP contribution in [-0.4, -0.2) is 11.4 Å². The van der Waals surface area contributed by atoms with E-state index < -0.39 is 0 Å². The molecule has 0 aliphatic heterocycles. The van der Waals surface area contributed by atoms with E-state index in [0.29, 0.717) is 22.9 Å². The molecule has 19 heavy (non-hydrogen) atoms. The Hall–Kier alpha value is -0.770. The Balaban J connectivity index is 2.59. The van der Waals surface area contributed by atoms with Crippen molar-refractivity contribution in [2.24, 2.45) is 5.73 Å². The summed E-state index contributed by atoms with van der Waals surface area (Å²) in [6.07, 6.45) is 1.04. The first-order valence-corrected chi connectivity index (χ1v) is 6.98. The lowest BCUT2D eigenvalue weighted by molar-refractivity contribution is -0.122. The molecule has 5 heteroatoms. The molecule has 0 bridgehead atoms. The number of carbonyl (C=O) groups excluding carboxylic acids is 1. The molecule has 106 valence electrons. The van der Waals surface area contributed by atoms with Crippen molar-refractivity contribution in [3.63, 3.8) is 0 Å². The molecule has 0 fully saturated rings. The minimum Gasteiger partial charge on any atom is -0.350 e. The number of benzene rings is 1. The van der Waals surface area contributed by atoms with Crippen LogP contribution < -0.4 is 11.1 Å². The van der Waals surface area contributed by atoms with Crippen molar-refractivity contribution in [1.29, 1.82) is 0 Å². The van der Waals surface area contributed by atoms with Crippen LogP contribution in [-0.2, 0) is 4.79 Å². The summed E-state index contributed by atoms with van der Waals surface area (Å²) in [5, 5.41) is 4.04. The summed E-state index contributed by atoms with van der Waals surface area (Å²) in [7, 11) is 0. The van der Waals surface area contributed by atoms with Crippen molar-refractivity contribution >= 4 is 29.1 Å². The van der Waals surface area contributed by atoms with Crippen LogP contribution in [0.3, 0.4) is 0 Å². The van der Waals surface area contributed by atoms with E-state index in [1.807, 2.05) is 26.8 Å². The molecule has 0 aromatic heterocycles. The van der Waals surface area contributed by atoms with Gasteiger partial charge in [-0.05, 0) is 44.9 Å². The molecule has 0 aliphatic carbocycles. The normalized spacial score (nSPS) is 13.2. The summed E-state index contributed by atoms with van der Waals surface area (Å²) < 4.78 is 0. The molecule has 0 heterocycles. The third kappa shape index (κ3) is 5.81. The van der Waals surface area contributed by atoms with E-state index >= 15 is 0 Å². The first-order valence-electron chi connectivity index (χ1n) is 6.22. The van der Waals surface area contributed by atoms with Gasteiger partial charge in [0.25, 0.3) is 0 Å². The summed E-state index contributed by atoms with van der Waals surface area (Å²) in [6, 6.07) is 5.10. The van der Waals surface area contributed by atoms with Crippen LogP contribution in [0.2, 0.25) is 10.0 Å². The number of halogens is 2. The topological polar surface area (TPSA) is 55.1 Å². The fraction of sp³-hybridized carbons (Fsp3) is 0.500. The molecule has 1 aromatic carbocycles. The maximum Gasteiger partial charge on any atom is 0.220 e. The van der Waals surface area contributed by atoms with Gasteiger partial charge in [0.15, 0.2) is 0 Å². The summed E-state index contributed by atoms with van der Waals surface area (Å²) in [6.45, 7) is 5.69. The van der Waals surface area contributed by atoms with Crippen molar-refractivity contribution in [3.8, 4) is 0 Å². The molecule has 1 atom stereocenters. The SMILES string of the molecule is CC(NC(=O)CCC(C)(C)N)c1ccc(Cl)cc1Cl. The van der Waals surface area contributed by atoms with Crippen LogP contribution in [0, 0.1) is 0 Å². The molecule has 0 aliphatic rings. The number of hydrogen-bond acceptors (Lipinski definition) is 2. The van der Waals surface area contributed by atoms with Crippen molar-refractivity contribution in [1.82, 2.24) is 5.32 Å². The van der Waals surface area contributed by atoms with Gasteiger partial charge in [0.1, 0.15) is 0 Å². The van der Waals surface area contributed by atoms with Crippen LogP contribution in [0.1, 0.15) is 45.2 Å². The average molecular weight is 303 g/mol. The number of carbonyl (C=O) groups is 1. The van der Waals surface area contributed by atoms with Crippen LogP contribution in [0.4, 0.5) is 0 Å². The first kappa shape index (κ1) is 16.3. The van der Waals surface area contributed by atoms with E-state index in [-0.39, 0.29) is 17.5 Å². The Bertz CT molecular complexity index is 455. The summed E-state index contributed by atoms with van der Waals surface area (Å²) >= 11 is 11.9. The molecule has 0 spiro atoms. The Morgan fingerprint density at radius 1 is 1.42 bits per heavy atom. The van der Waals surface area contributed by atoms with Gasteiger partial charge in [0.05, 0.1) is 6.04 Å². The lowest BCUT2D eigenvalue weighted by Gasteiger charge is -2.20. The molecule has 1 rings (SSSR count). The molecule has 0 radical (unpaired) electrons. The first-order chi connectivity index (χ1) is 8.69. The smallest absolute Gasteiger partial charge is 0.220 e. The molecular weight excluding hydrogens is 283 g/mol. The molecule has 3 nitrogen and oxygen atoms in total. The summed E-state index contributed by atoms with van der Waals surface area (Å²) in [5.41, 5.74) is 6.37. The maximum atomic E-state index is 11.8. The van der Waals surface area contributed by atoms with Crippen molar-refractivity contribution < 1.29 is 4.79 Å². The van der Waals surface area contributed by atoms with Gasteiger partial charge in [-0.2, -0.15) is 0 Å². The largest absolute Gasteiger partial charge is 0.350 e. The second-order valence-electron chi connectivity index (χ2n) is 5.44. The van der Waals surface area contributed by atoms with E-state index in [4.69, 9.17) is 28.9 Å². The van der Waals surface area contributed by atoms with Crippen LogP contribution in [0.5, 0.6) is 0 Å². The number of nitrogens with one attached hydrogen (secondary N) is 1. The zero-order valence-electron chi connectivity index (χ0n) is 11.5. The maximum absolute atomic E-state index is 11.8. The predicted molar refractivity (Wildman–Crippen MR) is 80.5 cm³/mol. The van der Waals surface area contributed by atoms with E-state index in [0.717, 1.165) is 5.56 Å². The average Bonchev–Trinajstić information content (AvgIpc) is 2.25. The quantitative estimate of drug-likeness (QED) is 0.871. The second-order valence-corrected chi connectivity index (χ2v) is 6.29. The third-order valence-electron chi connectivity index (χ3n) is 2.80. The molecule has 3 N–H and O–H groups in total. The van der Waals surface area contributed by atoms with E-state index in [9.17, 15) is 4.79 Å². The zero-order valence-corrected chi connectivity index (χ0v) is 13.0. The van der Waals surface area contributed by atoms with Gasteiger partial charge in [-0.15, -0.1) is 0 Å². The van der Waals surface area contributed by atoms with Gasteiger partial charge >= 0.3 is 0 Å². The number of rotatable bonds is 5. The van der Waals surface area contributed by atoms with Crippen LogP contribution >= 0.6 is 23.2 Å².